The van der Waals surface area contributed by atoms with Crippen LogP contribution in [0.15, 0.2) is 30.5 Å². The third kappa shape index (κ3) is 3.93. The molecule has 1 aromatic carbocycles. The Bertz CT molecular complexity index is 1100. The lowest BCUT2D eigenvalue weighted by Crippen LogP contribution is -2.47. The smallest absolute Gasteiger partial charge is 0.380 e. The number of nitrogens with zero attached hydrogens (tertiary/aromatic N) is 3. The fourth-order valence-corrected chi connectivity index (χ4v) is 4.93. The van der Waals surface area contributed by atoms with Crippen molar-refractivity contribution in [1.82, 2.24) is 25.4 Å². The van der Waals surface area contributed by atoms with Crippen LogP contribution >= 0.6 is 0 Å². The summed E-state index contributed by atoms with van der Waals surface area (Å²) in [6.45, 7) is 2.48. The molecule has 0 radical (unpaired) electrons. The maximum atomic E-state index is 14.5. The minimum absolute atomic E-state index is 0.296. The molecular weight excluding hydrogens is 424 g/mol. The number of benzene rings is 1. The lowest BCUT2D eigenvalue weighted by Gasteiger charge is -2.42. The van der Waals surface area contributed by atoms with Crippen molar-refractivity contribution in [3.05, 3.63) is 53.2 Å². The van der Waals surface area contributed by atoms with Crippen LogP contribution in [0.25, 0.3) is 10.9 Å². The fourth-order valence-electron chi connectivity index (χ4n) is 4.93. The molecule has 1 fully saturated rings. The van der Waals surface area contributed by atoms with Gasteiger partial charge < -0.3 is 10.6 Å². The van der Waals surface area contributed by atoms with Crippen molar-refractivity contribution in [1.29, 1.82) is 0 Å². The van der Waals surface area contributed by atoms with Crippen LogP contribution < -0.4 is 10.6 Å². The van der Waals surface area contributed by atoms with Crippen molar-refractivity contribution in [2.75, 3.05) is 25.0 Å². The molecule has 0 saturated carbocycles. The van der Waals surface area contributed by atoms with E-state index in [9.17, 15) is 17.6 Å². The molecule has 2 aliphatic heterocycles. The molecule has 2 aromatic heterocycles. The average molecular weight is 448 g/mol. The van der Waals surface area contributed by atoms with Gasteiger partial charge >= 0.3 is 6.18 Å². The van der Waals surface area contributed by atoms with E-state index in [-0.39, 0.29) is 0 Å². The van der Waals surface area contributed by atoms with Gasteiger partial charge in [0, 0.05) is 18.6 Å². The number of halogens is 4. The first-order chi connectivity index (χ1) is 15.3. The number of hydrogen-bond acceptors (Lipinski definition) is 5. The maximum absolute atomic E-state index is 14.5. The molecule has 4 heterocycles. The highest BCUT2D eigenvalue weighted by molar-refractivity contribution is 5.84. The molecule has 0 spiro atoms. The molecular formula is C22H24F4N6. The van der Waals surface area contributed by atoms with Crippen LogP contribution in [0.3, 0.4) is 0 Å². The minimum atomic E-state index is -4.37. The summed E-state index contributed by atoms with van der Waals surface area (Å²) in [6, 6.07) is 6.10. The summed E-state index contributed by atoms with van der Waals surface area (Å²) in [5, 5.41) is 13.3. The van der Waals surface area contributed by atoms with Gasteiger partial charge in [0.15, 0.2) is 0 Å². The second-order valence-electron chi connectivity index (χ2n) is 8.61. The van der Waals surface area contributed by atoms with Crippen LogP contribution in [0.2, 0.25) is 0 Å². The second kappa shape index (κ2) is 8.00. The fraction of sp³-hybridized carbons (Fsp3) is 0.455. The Balaban J connectivity index is 1.56. The van der Waals surface area contributed by atoms with Gasteiger partial charge in [-0.05, 0) is 55.6 Å². The predicted molar refractivity (Wildman–Crippen MR) is 113 cm³/mol. The van der Waals surface area contributed by atoms with Crippen molar-refractivity contribution < 1.29 is 17.6 Å². The topological polar surface area (TPSA) is 68.9 Å². The highest BCUT2D eigenvalue weighted by atomic mass is 19.4. The van der Waals surface area contributed by atoms with E-state index in [0.29, 0.717) is 40.2 Å². The first kappa shape index (κ1) is 21.1. The molecule has 0 aliphatic carbocycles. The number of alkyl halides is 3. The van der Waals surface area contributed by atoms with E-state index in [2.05, 4.69) is 25.8 Å². The van der Waals surface area contributed by atoms with Gasteiger partial charge in [-0.25, -0.2) is 0 Å². The largest absolute Gasteiger partial charge is 0.401 e. The quantitative estimate of drug-likeness (QED) is 0.531. The standard InChI is InChI=1S/C22H24F4N6/c1-12-8-16-15(3-5-17-19(16)21(23)31-30-17)20(32(12)11-22(24,25)26)18-4-2-13(10-28-18)29-14-6-7-27-9-14/h2-5,10,12,14,20,27,29H,6-9,11H2,1H3,(H,30,31)/t12-,14+,20+/m1/s1. The number of aromatic amines is 1. The molecule has 2 aliphatic rings. The van der Waals surface area contributed by atoms with E-state index in [1.165, 1.54) is 4.90 Å². The Morgan fingerprint density at radius 3 is 2.75 bits per heavy atom. The van der Waals surface area contributed by atoms with E-state index in [1.807, 2.05) is 6.07 Å². The van der Waals surface area contributed by atoms with Gasteiger partial charge in [-0.3, -0.25) is 15.0 Å². The molecule has 6 nitrogen and oxygen atoms in total. The van der Waals surface area contributed by atoms with Crippen molar-refractivity contribution in [2.45, 2.75) is 44.1 Å². The van der Waals surface area contributed by atoms with E-state index >= 15 is 0 Å². The molecule has 10 heteroatoms. The van der Waals surface area contributed by atoms with Gasteiger partial charge in [0.2, 0.25) is 5.95 Å². The Hall–Kier alpha value is -2.72. The molecule has 3 N–H and O–H groups in total. The zero-order valence-electron chi connectivity index (χ0n) is 17.5. The van der Waals surface area contributed by atoms with Crippen molar-refractivity contribution in [3.8, 4) is 0 Å². The third-order valence-corrected chi connectivity index (χ3v) is 6.37. The summed E-state index contributed by atoms with van der Waals surface area (Å²) in [7, 11) is 0. The summed E-state index contributed by atoms with van der Waals surface area (Å²) < 4.78 is 54.9. The molecule has 1 saturated heterocycles. The number of anilines is 1. The van der Waals surface area contributed by atoms with Gasteiger partial charge in [0.1, 0.15) is 0 Å². The number of pyridine rings is 1. The molecule has 0 bridgehead atoms. The predicted octanol–water partition coefficient (Wildman–Crippen LogP) is 3.77. The normalized spacial score (nSPS) is 24.1. The lowest BCUT2D eigenvalue weighted by atomic mass is 9.85. The second-order valence-corrected chi connectivity index (χ2v) is 8.61. The monoisotopic (exact) mass is 448 g/mol. The Labute approximate surface area is 182 Å². The SMILES string of the molecule is C[C@@H]1Cc2c(ccc3n[nH]c(F)c23)[C@@H](c2ccc(N[C@H]3CCNC3)cn2)N1CC(F)(F)F. The van der Waals surface area contributed by atoms with Crippen LogP contribution in [-0.2, 0) is 6.42 Å². The lowest BCUT2D eigenvalue weighted by molar-refractivity contribution is -0.155. The third-order valence-electron chi connectivity index (χ3n) is 6.37. The van der Waals surface area contributed by atoms with Crippen molar-refractivity contribution >= 4 is 16.6 Å². The molecule has 0 amide bonds. The minimum Gasteiger partial charge on any atom is -0.380 e. The van der Waals surface area contributed by atoms with E-state index < -0.39 is 30.8 Å². The molecule has 32 heavy (non-hydrogen) atoms. The maximum Gasteiger partial charge on any atom is 0.401 e. The van der Waals surface area contributed by atoms with E-state index in [0.717, 1.165) is 25.2 Å². The number of rotatable bonds is 4. The van der Waals surface area contributed by atoms with Crippen LogP contribution in [0.5, 0.6) is 0 Å². The first-order valence-electron chi connectivity index (χ1n) is 10.7. The number of aromatic nitrogens is 3. The van der Waals surface area contributed by atoms with Gasteiger partial charge in [-0.2, -0.15) is 22.7 Å². The summed E-state index contributed by atoms with van der Waals surface area (Å²) in [4.78, 5) is 5.94. The average Bonchev–Trinajstić information content (AvgIpc) is 3.38. The molecule has 5 rings (SSSR count). The Morgan fingerprint density at radius 2 is 2.06 bits per heavy atom. The molecule has 3 atom stereocenters. The highest BCUT2D eigenvalue weighted by Gasteiger charge is 2.42. The van der Waals surface area contributed by atoms with Gasteiger partial charge in [0.05, 0.1) is 41.1 Å². The van der Waals surface area contributed by atoms with Crippen LogP contribution in [0.4, 0.5) is 23.2 Å². The van der Waals surface area contributed by atoms with Gasteiger partial charge in [-0.15, -0.1) is 0 Å². The molecule has 0 unspecified atom stereocenters. The number of H-pyrrole nitrogens is 1. The summed E-state index contributed by atoms with van der Waals surface area (Å²) in [5.41, 5.74) is 3.11. The highest BCUT2D eigenvalue weighted by Crippen LogP contribution is 2.41. The van der Waals surface area contributed by atoms with E-state index in [1.54, 1.807) is 31.3 Å². The Kier molecular flexibility index (Phi) is 5.29. The molecule has 170 valence electrons. The van der Waals surface area contributed by atoms with E-state index in [4.69, 9.17) is 0 Å². The Morgan fingerprint density at radius 1 is 1.22 bits per heavy atom. The van der Waals surface area contributed by atoms with Crippen LogP contribution in [-0.4, -0.2) is 58.0 Å². The summed E-state index contributed by atoms with van der Waals surface area (Å²) >= 11 is 0. The zero-order chi connectivity index (χ0) is 22.5. The van der Waals surface area contributed by atoms with Crippen LogP contribution in [0, 0.1) is 5.95 Å². The summed E-state index contributed by atoms with van der Waals surface area (Å²) in [6.07, 6.45) is -1.41. The zero-order valence-corrected chi connectivity index (χ0v) is 17.5. The van der Waals surface area contributed by atoms with Crippen molar-refractivity contribution in [3.63, 3.8) is 0 Å². The van der Waals surface area contributed by atoms with Gasteiger partial charge in [0.25, 0.3) is 0 Å². The molecule has 3 aromatic rings. The summed E-state index contributed by atoms with van der Waals surface area (Å²) in [5.74, 6) is -0.565. The van der Waals surface area contributed by atoms with Gasteiger partial charge in [-0.1, -0.05) is 6.07 Å². The number of hydrogen-bond donors (Lipinski definition) is 3. The number of fused-ring (bicyclic) bond motifs is 3. The first-order valence-corrected chi connectivity index (χ1v) is 10.7. The van der Waals surface area contributed by atoms with Crippen LogP contribution in [0.1, 0.15) is 36.2 Å². The number of nitrogens with one attached hydrogen (secondary N) is 3. The van der Waals surface area contributed by atoms with Crippen molar-refractivity contribution in [2.24, 2.45) is 0 Å².